The molecule has 1 fully saturated rings. The summed E-state index contributed by atoms with van der Waals surface area (Å²) in [7, 11) is 0. The zero-order valence-corrected chi connectivity index (χ0v) is 13.2. The van der Waals surface area contributed by atoms with Gasteiger partial charge in [-0.05, 0) is 36.4 Å². The van der Waals surface area contributed by atoms with Crippen LogP contribution < -0.4 is 9.64 Å². The summed E-state index contributed by atoms with van der Waals surface area (Å²) in [5.41, 5.74) is 1.97. The van der Waals surface area contributed by atoms with Crippen LogP contribution in [0.3, 0.4) is 0 Å². The number of rotatable bonds is 5. The molecule has 0 unspecified atom stereocenters. The Kier molecular flexibility index (Phi) is 5.13. The molecule has 23 heavy (non-hydrogen) atoms. The predicted molar refractivity (Wildman–Crippen MR) is 91.7 cm³/mol. The van der Waals surface area contributed by atoms with Gasteiger partial charge in [0.05, 0.1) is 11.6 Å². The molecule has 1 saturated heterocycles. The SMILES string of the molecule is N#Cc1ccc(OCCN2CCN(c3ccccc3)CC2)cc1. The van der Waals surface area contributed by atoms with Gasteiger partial charge in [-0.2, -0.15) is 5.26 Å². The van der Waals surface area contributed by atoms with Gasteiger partial charge in [0.2, 0.25) is 0 Å². The third-order valence-corrected chi connectivity index (χ3v) is 4.15. The number of para-hydroxylation sites is 1. The summed E-state index contributed by atoms with van der Waals surface area (Å²) in [6.07, 6.45) is 0. The van der Waals surface area contributed by atoms with Crippen molar-refractivity contribution < 1.29 is 4.74 Å². The van der Waals surface area contributed by atoms with Crippen LogP contribution in [0.5, 0.6) is 5.75 Å². The Morgan fingerprint density at radius 2 is 1.61 bits per heavy atom. The molecular weight excluding hydrogens is 286 g/mol. The van der Waals surface area contributed by atoms with Crippen LogP contribution in [0.15, 0.2) is 54.6 Å². The van der Waals surface area contributed by atoms with E-state index in [0.717, 1.165) is 38.5 Å². The van der Waals surface area contributed by atoms with Crippen molar-refractivity contribution in [3.63, 3.8) is 0 Å². The molecule has 2 aromatic carbocycles. The molecule has 4 nitrogen and oxygen atoms in total. The van der Waals surface area contributed by atoms with E-state index in [9.17, 15) is 0 Å². The molecule has 0 N–H and O–H groups in total. The van der Waals surface area contributed by atoms with Crippen LogP contribution in [0, 0.1) is 11.3 Å². The van der Waals surface area contributed by atoms with E-state index in [4.69, 9.17) is 10.00 Å². The van der Waals surface area contributed by atoms with Gasteiger partial charge in [-0.15, -0.1) is 0 Å². The lowest BCUT2D eigenvalue weighted by molar-refractivity contribution is 0.200. The van der Waals surface area contributed by atoms with E-state index in [2.05, 4.69) is 46.2 Å². The fourth-order valence-electron chi connectivity index (χ4n) is 2.79. The van der Waals surface area contributed by atoms with Gasteiger partial charge in [0.1, 0.15) is 12.4 Å². The average molecular weight is 307 g/mol. The lowest BCUT2D eigenvalue weighted by atomic mass is 10.2. The number of nitriles is 1. The fraction of sp³-hybridized carbons (Fsp3) is 0.316. The van der Waals surface area contributed by atoms with Gasteiger partial charge in [0.25, 0.3) is 0 Å². The molecule has 0 aromatic heterocycles. The third kappa shape index (κ3) is 4.24. The van der Waals surface area contributed by atoms with Crippen LogP contribution in [0.4, 0.5) is 5.69 Å². The second-order valence-corrected chi connectivity index (χ2v) is 5.65. The maximum Gasteiger partial charge on any atom is 0.119 e. The number of anilines is 1. The van der Waals surface area contributed by atoms with Crippen molar-refractivity contribution in [1.82, 2.24) is 4.90 Å². The molecule has 0 bridgehead atoms. The first-order chi connectivity index (χ1) is 11.3. The zero-order valence-electron chi connectivity index (χ0n) is 13.2. The van der Waals surface area contributed by atoms with Crippen molar-refractivity contribution in [2.24, 2.45) is 0 Å². The molecule has 1 aliphatic heterocycles. The highest BCUT2D eigenvalue weighted by atomic mass is 16.5. The Bertz CT molecular complexity index is 641. The standard InChI is InChI=1S/C19H21N3O/c20-16-17-6-8-19(9-7-17)23-15-14-21-10-12-22(13-11-21)18-4-2-1-3-5-18/h1-9H,10-15H2. The van der Waals surface area contributed by atoms with E-state index < -0.39 is 0 Å². The molecule has 4 heteroatoms. The van der Waals surface area contributed by atoms with E-state index >= 15 is 0 Å². The Morgan fingerprint density at radius 3 is 2.26 bits per heavy atom. The summed E-state index contributed by atoms with van der Waals surface area (Å²) in [5.74, 6) is 0.826. The van der Waals surface area contributed by atoms with Gasteiger partial charge in [-0.1, -0.05) is 18.2 Å². The zero-order chi connectivity index (χ0) is 15.9. The lowest BCUT2D eigenvalue weighted by Gasteiger charge is -2.36. The number of ether oxygens (including phenoxy) is 1. The molecular formula is C19H21N3O. The highest BCUT2D eigenvalue weighted by Crippen LogP contribution is 2.16. The number of hydrogen-bond acceptors (Lipinski definition) is 4. The van der Waals surface area contributed by atoms with Crippen molar-refractivity contribution in [1.29, 1.82) is 5.26 Å². The van der Waals surface area contributed by atoms with Crippen LogP contribution in [-0.4, -0.2) is 44.2 Å². The van der Waals surface area contributed by atoms with E-state index in [1.807, 2.05) is 12.1 Å². The Hall–Kier alpha value is -2.51. The van der Waals surface area contributed by atoms with E-state index in [0.29, 0.717) is 12.2 Å². The lowest BCUT2D eigenvalue weighted by Crippen LogP contribution is -2.47. The van der Waals surface area contributed by atoms with Crippen molar-refractivity contribution in [2.75, 3.05) is 44.2 Å². The summed E-state index contributed by atoms with van der Waals surface area (Å²) in [4.78, 5) is 4.86. The first kappa shape index (κ1) is 15.4. The van der Waals surface area contributed by atoms with E-state index in [1.54, 1.807) is 12.1 Å². The Labute approximate surface area is 137 Å². The summed E-state index contributed by atoms with van der Waals surface area (Å²) in [6, 6.07) is 20.0. The fourth-order valence-corrected chi connectivity index (χ4v) is 2.79. The number of benzene rings is 2. The smallest absolute Gasteiger partial charge is 0.119 e. The molecule has 0 radical (unpaired) electrons. The molecule has 118 valence electrons. The van der Waals surface area contributed by atoms with Gasteiger partial charge in [0.15, 0.2) is 0 Å². The summed E-state index contributed by atoms with van der Waals surface area (Å²) < 4.78 is 5.76. The number of piperazine rings is 1. The maximum atomic E-state index is 8.78. The highest BCUT2D eigenvalue weighted by molar-refractivity contribution is 5.46. The van der Waals surface area contributed by atoms with Crippen LogP contribution in [-0.2, 0) is 0 Å². The van der Waals surface area contributed by atoms with Crippen molar-refractivity contribution >= 4 is 5.69 Å². The topological polar surface area (TPSA) is 39.5 Å². The second-order valence-electron chi connectivity index (χ2n) is 5.65. The van der Waals surface area contributed by atoms with Gasteiger partial charge >= 0.3 is 0 Å². The average Bonchev–Trinajstić information content (AvgIpc) is 2.64. The molecule has 0 saturated carbocycles. The Morgan fingerprint density at radius 1 is 0.913 bits per heavy atom. The molecule has 1 aliphatic rings. The molecule has 0 atom stereocenters. The maximum absolute atomic E-state index is 8.78. The first-order valence-electron chi connectivity index (χ1n) is 8.00. The molecule has 2 aromatic rings. The molecule has 1 heterocycles. The van der Waals surface area contributed by atoms with Crippen LogP contribution in [0.2, 0.25) is 0 Å². The molecule has 0 aliphatic carbocycles. The number of nitrogens with zero attached hydrogens (tertiary/aromatic N) is 3. The van der Waals surface area contributed by atoms with Gasteiger partial charge in [-0.3, -0.25) is 4.90 Å². The minimum atomic E-state index is 0.661. The van der Waals surface area contributed by atoms with Crippen molar-refractivity contribution in [2.45, 2.75) is 0 Å². The van der Waals surface area contributed by atoms with Crippen LogP contribution in [0.1, 0.15) is 5.56 Å². The van der Waals surface area contributed by atoms with E-state index in [-0.39, 0.29) is 0 Å². The predicted octanol–water partition coefficient (Wildman–Crippen LogP) is 2.76. The van der Waals surface area contributed by atoms with Crippen LogP contribution >= 0.6 is 0 Å². The summed E-state index contributed by atoms with van der Waals surface area (Å²) in [5, 5.41) is 8.78. The molecule has 0 spiro atoms. The second kappa shape index (κ2) is 7.66. The first-order valence-corrected chi connectivity index (χ1v) is 8.00. The Balaban J connectivity index is 1.40. The van der Waals surface area contributed by atoms with Crippen molar-refractivity contribution in [3.8, 4) is 11.8 Å². The van der Waals surface area contributed by atoms with E-state index in [1.165, 1.54) is 5.69 Å². The monoisotopic (exact) mass is 307 g/mol. The van der Waals surface area contributed by atoms with Gasteiger partial charge in [0, 0.05) is 38.4 Å². The quantitative estimate of drug-likeness (QED) is 0.851. The highest BCUT2D eigenvalue weighted by Gasteiger charge is 2.16. The molecule has 3 rings (SSSR count). The van der Waals surface area contributed by atoms with Gasteiger partial charge in [-0.25, -0.2) is 0 Å². The normalized spacial score (nSPS) is 15.2. The van der Waals surface area contributed by atoms with Crippen LogP contribution in [0.25, 0.3) is 0 Å². The largest absolute Gasteiger partial charge is 0.492 e. The van der Waals surface area contributed by atoms with Crippen molar-refractivity contribution in [3.05, 3.63) is 60.2 Å². The minimum Gasteiger partial charge on any atom is -0.492 e. The molecule has 0 amide bonds. The third-order valence-electron chi connectivity index (χ3n) is 4.15. The number of hydrogen-bond donors (Lipinski definition) is 0. The van der Waals surface area contributed by atoms with Gasteiger partial charge < -0.3 is 9.64 Å². The summed E-state index contributed by atoms with van der Waals surface area (Å²) >= 11 is 0. The summed E-state index contributed by atoms with van der Waals surface area (Å²) in [6.45, 7) is 5.85. The minimum absolute atomic E-state index is 0.661.